The standard InChI is InChI=1S/C16H20ClN3O/c17-14-3-5-15(6-4-14)21-11-10-20-9-1-2-13(12-20)16-7-8-18-19-16/h3-8,13H,1-2,9-12H2,(H,18,19). The van der Waals surface area contributed by atoms with E-state index >= 15 is 0 Å². The van der Waals surface area contributed by atoms with Gasteiger partial charge >= 0.3 is 0 Å². The summed E-state index contributed by atoms with van der Waals surface area (Å²) >= 11 is 5.86. The number of ether oxygens (including phenoxy) is 1. The van der Waals surface area contributed by atoms with Crippen molar-refractivity contribution < 1.29 is 4.74 Å². The highest BCUT2D eigenvalue weighted by atomic mass is 35.5. The Bertz CT molecular complexity index is 541. The quantitative estimate of drug-likeness (QED) is 0.921. The summed E-state index contributed by atoms with van der Waals surface area (Å²) < 4.78 is 5.77. The van der Waals surface area contributed by atoms with Crippen molar-refractivity contribution in [3.63, 3.8) is 0 Å². The Balaban J connectivity index is 1.46. The largest absolute Gasteiger partial charge is 0.492 e. The molecule has 5 heteroatoms. The molecule has 2 aromatic rings. The maximum atomic E-state index is 5.86. The number of H-pyrrole nitrogens is 1. The van der Waals surface area contributed by atoms with Crippen LogP contribution in [0, 0.1) is 0 Å². The summed E-state index contributed by atoms with van der Waals surface area (Å²) in [5.74, 6) is 1.44. The number of aromatic amines is 1. The topological polar surface area (TPSA) is 41.1 Å². The molecule has 1 atom stereocenters. The number of likely N-dealkylation sites (tertiary alicyclic amines) is 1. The average molecular weight is 306 g/mol. The van der Waals surface area contributed by atoms with Crippen molar-refractivity contribution >= 4 is 11.6 Å². The van der Waals surface area contributed by atoms with Gasteiger partial charge in [-0.05, 0) is 49.7 Å². The average Bonchev–Trinajstić information content (AvgIpc) is 3.04. The highest BCUT2D eigenvalue weighted by molar-refractivity contribution is 6.30. The van der Waals surface area contributed by atoms with Gasteiger partial charge in [0.05, 0.1) is 0 Å². The summed E-state index contributed by atoms with van der Waals surface area (Å²) in [7, 11) is 0. The van der Waals surface area contributed by atoms with E-state index in [1.807, 2.05) is 30.5 Å². The Hall–Kier alpha value is -1.52. The van der Waals surface area contributed by atoms with Crippen LogP contribution in [0.3, 0.4) is 0 Å². The first-order chi connectivity index (χ1) is 10.3. The normalized spacial score (nSPS) is 19.6. The van der Waals surface area contributed by atoms with Crippen molar-refractivity contribution in [2.75, 3.05) is 26.2 Å². The lowest BCUT2D eigenvalue weighted by molar-refractivity contribution is 0.169. The monoisotopic (exact) mass is 305 g/mol. The lowest BCUT2D eigenvalue weighted by atomic mass is 9.95. The van der Waals surface area contributed by atoms with Gasteiger partial charge < -0.3 is 4.74 Å². The summed E-state index contributed by atoms with van der Waals surface area (Å²) in [6, 6.07) is 9.61. The van der Waals surface area contributed by atoms with Gasteiger partial charge in [0.1, 0.15) is 12.4 Å². The number of piperidine rings is 1. The maximum absolute atomic E-state index is 5.86. The predicted octanol–water partition coefficient (Wildman–Crippen LogP) is 3.32. The fourth-order valence-corrected chi connectivity index (χ4v) is 2.96. The summed E-state index contributed by atoms with van der Waals surface area (Å²) in [5, 5.41) is 7.88. The van der Waals surface area contributed by atoms with E-state index in [4.69, 9.17) is 16.3 Å². The van der Waals surface area contributed by atoms with Gasteiger partial charge in [-0.15, -0.1) is 0 Å². The minimum absolute atomic E-state index is 0.566. The zero-order chi connectivity index (χ0) is 14.5. The minimum atomic E-state index is 0.566. The zero-order valence-corrected chi connectivity index (χ0v) is 12.7. The fraction of sp³-hybridized carbons (Fsp3) is 0.438. The number of hydrogen-bond donors (Lipinski definition) is 1. The summed E-state index contributed by atoms with van der Waals surface area (Å²) in [6.07, 6.45) is 4.29. The van der Waals surface area contributed by atoms with Gasteiger partial charge in [0.25, 0.3) is 0 Å². The third-order valence-electron chi connectivity index (χ3n) is 3.96. The second kappa shape index (κ2) is 6.96. The van der Waals surface area contributed by atoms with Gasteiger partial charge in [-0.2, -0.15) is 5.10 Å². The molecular weight excluding hydrogens is 286 g/mol. The van der Waals surface area contributed by atoms with Crippen LogP contribution in [0.25, 0.3) is 0 Å². The maximum Gasteiger partial charge on any atom is 0.119 e. The molecule has 1 saturated heterocycles. The first-order valence-electron chi connectivity index (χ1n) is 7.41. The van der Waals surface area contributed by atoms with Gasteiger partial charge in [-0.25, -0.2) is 0 Å². The number of nitrogens with zero attached hydrogens (tertiary/aromatic N) is 2. The highest BCUT2D eigenvalue weighted by Gasteiger charge is 2.21. The fourth-order valence-electron chi connectivity index (χ4n) is 2.83. The zero-order valence-electron chi connectivity index (χ0n) is 12.0. The van der Waals surface area contributed by atoms with Crippen molar-refractivity contribution in [1.82, 2.24) is 15.1 Å². The number of aromatic nitrogens is 2. The van der Waals surface area contributed by atoms with Crippen LogP contribution in [0.2, 0.25) is 5.02 Å². The summed E-state index contributed by atoms with van der Waals surface area (Å²) in [5.41, 5.74) is 1.25. The summed E-state index contributed by atoms with van der Waals surface area (Å²) in [6.45, 7) is 3.88. The van der Waals surface area contributed by atoms with Gasteiger partial charge in [0.15, 0.2) is 0 Å². The van der Waals surface area contributed by atoms with E-state index in [9.17, 15) is 0 Å². The lowest BCUT2D eigenvalue weighted by Crippen LogP contribution is -2.37. The Morgan fingerprint density at radius 3 is 2.90 bits per heavy atom. The van der Waals surface area contributed by atoms with Crippen LogP contribution in [0.1, 0.15) is 24.5 Å². The molecule has 1 aliphatic rings. The molecule has 0 saturated carbocycles. The number of nitrogens with one attached hydrogen (secondary N) is 1. The molecule has 1 unspecified atom stereocenters. The molecule has 2 heterocycles. The number of benzene rings is 1. The van der Waals surface area contributed by atoms with Crippen LogP contribution in [0.4, 0.5) is 0 Å². The van der Waals surface area contributed by atoms with E-state index in [1.165, 1.54) is 18.5 Å². The third-order valence-corrected chi connectivity index (χ3v) is 4.21. The van der Waals surface area contributed by atoms with E-state index < -0.39 is 0 Å². The molecule has 112 valence electrons. The van der Waals surface area contributed by atoms with E-state index in [0.717, 1.165) is 30.4 Å². The van der Waals surface area contributed by atoms with E-state index in [1.54, 1.807) is 0 Å². The molecular formula is C16H20ClN3O. The second-order valence-electron chi connectivity index (χ2n) is 5.45. The van der Waals surface area contributed by atoms with Crippen LogP contribution >= 0.6 is 11.6 Å². The minimum Gasteiger partial charge on any atom is -0.492 e. The number of hydrogen-bond acceptors (Lipinski definition) is 3. The van der Waals surface area contributed by atoms with E-state index in [-0.39, 0.29) is 0 Å². The van der Waals surface area contributed by atoms with Crippen LogP contribution in [0.15, 0.2) is 36.5 Å². The second-order valence-corrected chi connectivity index (χ2v) is 5.89. The van der Waals surface area contributed by atoms with Crippen LogP contribution in [-0.4, -0.2) is 41.3 Å². The molecule has 0 aliphatic carbocycles. The van der Waals surface area contributed by atoms with Crippen molar-refractivity contribution in [2.45, 2.75) is 18.8 Å². The Morgan fingerprint density at radius 2 is 2.14 bits per heavy atom. The SMILES string of the molecule is Clc1ccc(OCCN2CCCC(c3ccn[nH]3)C2)cc1. The molecule has 21 heavy (non-hydrogen) atoms. The highest BCUT2D eigenvalue weighted by Crippen LogP contribution is 2.25. The lowest BCUT2D eigenvalue weighted by Gasteiger charge is -2.32. The smallest absolute Gasteiger partial charge is 0.119 e. The molecule has 4 nitrogen and oxygen atoms in total. The molecule has 1 aromatic heterocycles. The molecule has 1 N–H and O–H groups in total. The third kappa shape index (κ3) is 3.99. The Labute approximate surface area is 130 Å². The van der Waals surface area contributed by atoms with Gasteiger partial charge in [-0.3, -0.25) is 10.00 Å². The first kappa shape index (κ1) is 14.4. The number of rotatable bonds is 5. The number of halogens is 1. The molecule has 1 fully saturated rings. The molecule has 0 spiro atoms. The van der Waals surface area contributed by atoms with E-state index in [2.05, 4.69) is 21.2 Å². The van der Waals surface area contributed by atoms with Crippen molar-refractivity contribution in [2.24, 2.45) is 0 Å². The molecule has 3 rings (SSSR count). The first-order valence-corrected chi connectivity index (χ1v) is 7.79. The van der Waals surface area contributed by atoms with Crippen molar-refractivity contribution in [1.29, 1.82) is 0 Å². The molecule has 1 aliphatic heterocycles. The van der Waals surface area contributed by atoms with Gasteiger partial charge in [0.2, 0.25) is 0 Å². The van der Waals surface area contributed by atoms with Gasteiger partial charge in [-0.1, -0.05) is 11.6 Å². The molecule has 0 radical (unpaired) electrons. The van der Waals surface area contributed by atoms with Crippen LogP contribution in [0.5, 0.6) is 5.75 Å². The molecule has 0 amide bonds. The van der Waals surface area contributed by atoms with Crippen molar-refractivity contribution in [3.8, 4) is 5.75 Å². The Kier molecular flexibility index (Phi) is 4.78. The van der Waals surface area contributed by atoms with Crippen molar-refractivity contribution in [3.05, 3.63) is 47.2 Å². The van der Waals surface area contributed by atoms with Gasteiger partial charge in [0, 0.05) is 35.9 Å². The Morgan fingerprint density at radius 1 is 1.29 bits per heavy atom. The van der Waals surface area contributed by atoms with Crippen LogP contribution < -0.4 is 4.74 Å². The summed E-state index contributed by atoms with van der Waals surface area (Å²) in [4.78, 5) is 2.46. The molecule has 1 aromatic carbocycles. The molecule has 0 bridgehead atoms. The van der Waals surface area contributed by atoms with E-state index in [0.29, 0.717) is 12.5 Å². The van der Waals surface area contributed by atoms with Crippen LogP contribution in [-0.2, 0) is 0 Å². The predicted molar refractivity (Wildman–Crippen MR) is 83.9 cm³/mol.